The number of fused-ring (bicyclic) bond motifs is 1. The van der Waals surface area contributed by atoms with Crippen LogP contribution in [0.1, 0.15) is 44.6 Å². The van der Waals surface area contributed by atoms with Crippen LogP contribution in [-0.4, -0.2) is 43.8 Å². The van der Waals surface area contributed by atoms with Gasteiger partial charge in [-0.3, -0.25) is 4.98 Å². The maximum atomic E-state index is 9.53. The molecule has 0 radical (unpaired) electrons. The van der Waals surface area contributed by atoms with Crippen LogP contribution in [0, 0.1) is 17.2 Å². The van der Waals surface area contributed by atoms with E-state index in [-0.39, 0.29) is 5.54 Å². The van der Waals surface area contributed by atoms with Crippen LogP contribution in [0.25, 0.3) is 16.8 Å². The van der Waals surface area contributed by atoms with Crippen LogP contribution in [0.4, 0.5) is 5.82 Å². The van der Waals surface area contributed by atoms with Gasteiger partial charge in [0.2, 0.25) is 0 Å². The summed E-state index contributed by atoms with van der Waals surface area (Å²) in [6.45, 7) is 2.48. The predicted octanol–water partition coefficient (Wildman–Crippen LogP) is 2.91. The molecule has 3 aromatic rings. The van der Waals surface area contributed by atoms with Crippen molar-refractivity contribution in [1.82, 2.24) is 19.6 Å². The zero-order valence-electron chi connectivity index (χ0n) is 17.5. The first-order chi connectivity index (χ1) is 15.1. The molecule has 0 aromatic carbocycles. The van der Waals surface area contributed by atoms with Crippen LogP contribution < -0.4 is 15.4 Å². The topological polar surface area (TPSA) is 105 Å². The Morgan fingerprint density at radius 1 is 1.19 bits per heavy atom. The van der Waals surface area contributed by atoms with Crippen molar-refractivity contribution in [3.8, 4) is 23.1 Å². The van der Waals surface area contributed by atoms with Gasteiger partial charge in [-0.25, -0.2) is 9.50 Å². The number of piperidine rings is 2. The van der Waals surface area contributed by atoms with Crippen LogP contribution >= 0.6 is 0 Å². The number of aromatic nitrogens is 4. The number of nitrogens with two attached hydrogens (primary N) is 1. The van der Waals surface area contributed by atoms with Gasteiger partial charge < -0.3 is 15.4 Å². The lowest BCUT2D eigenvalue weighted by atomic mass is 9.60. The summed E-state index contributed by atoms with van der Waals surface area (Å²) in [4.78, 5) is 12.0. The fourth-order valence-electron chi connectivity index (χ4n) is 6.27. The van der Waals surface area contributed by atoms with E-state index in [4.69, 9.17) is 20.4 Å². The SMILES string of the molecule is CCOc1cc(-c2cnc(N3[C@@H]4CC5C[C@H]3CC(N)(C5)C4)cn2)c2c(C#N)cnn2c1. The summed E-state index contributed by atoms with van der Waals surface area (Å²) in [6, 6.07) is 5.05. The quantitative estimate of drug-likeness (QED) is 0.698. The van der Waals surface area contributed by atoms with Crippen molar-refractivity contribution >= 4 is 11.3 Å². The highest BCUT2D eigenvalue weighted by Crippen LogP contribution is 2.51. The van der Waals surface area contributed by atoms with E-state index in [2.05, 4.69) is 16.1 Å². The molecule has 5 heterocycles. The predicted molar refractivity (Wildman–Crippen MR) is 116 cm³/mol. The van der Waals surface area contributed by atoms with Gasteiger partial charge in [-0.1, -0.05) is 0 Å². The third-order valence-electron chi connectivity index (χ3n) is 7.17. The van der Waals surface area contributed by atoms with Gasteiger partial charge in [-0.15, -0.1) is 0 Å². The number of ether oxygens (including phenoxy) is 1. The maximum Gasteiger partial charge on any atom is 0.147 e. The van der Waals surface area contributed by atoms with Gasteiger partial charge in [0.25, 0.3) is 0 Å². The first-order valence-electron chi connectivity index (χ1n) is 11.0. The van der Waals surface area contributed by atoms with Gasteiger partial charge in [0, 0.05) is 23.2 Å². The summed E-state index contributed by atoms with van der Waals surface area (Å²) in [6.07, 6.45) is 12.7. The highest BCUT2D eigenvalue weighted by atomic mass is 16.5. The zero-order valence-corrected chi connectivity index (χ0v) is 17.5. The second kappa shape index (κ2) is 6.66. The number of nitriles is 1. The number of hydrogen-bond acceptors (Lipinski definition) is 7. The molecular formula is C23H25N7O. The molecule has 8 heteroatoms. The van der Waals surface area contributed by atoms with Crippen molar-refractivity contribution in [3.63, 3.8) is 0 Å². The van der Waals surface area contributed by atoms with Gasteiger partial charge in [0.1, 0.15) is 17.6 Å². The molecule has 2 saturated carbocycles. The highest BCUT2D eigenvalue weighted by molar-refractivity contribution is 5.83. The van der Waals surface area contributed by atoms with Crippen molar-refractivity contribution < 1.29 is 4.74 Å². The number of hydrogen-bond donors (Lipinski definition) is 1. The molecular weight excluding hydrogens is 390 g/mol. The number of anilines is 1. The lowest BCUT2D eigenvalue weighted by Crippen LogP contribution is -2.67. The molecule has 2 saturated heterocycles. The molecule has 158 valence electrons. The Labute approximate surface area is 180 Å². The Kier molecular flexibility index (Phi) is 3.99. The highest BCUT2D eigenvalue weighted by Gasteiger charge is 2.53. The van der Waals surface area contributed by atoms with E-state index in [0.717, 1.165) is 30.1 Å². The van der Waals surface area contributed by atoms with Crippen LogP contribution in [0.3, 0.4) is 0 Å². The van der Waals surface area contributed by atoms with Gasteiger partial charge in [-0.2, -0.15) is 10.4 Å². The standard InChI is InChI=1S/C23H25N7O/c1-2-31-18-5-19(22-15(9-24)10-28-29(22)13-18)20-11-27-21(12-26-20)30-16-3-14-4-17(30)8-23(25,6-14)7-16/h5,10-14,16-17H,2-4,6-8,25H2,1H3/t14?,16-,17+,23?. The molecule has 2 aliphatic carbocycles. The fraction of sp³-hybridized carbons (Fsp3) is 0.478. The van der Waals surface area contributed by atoms with Crippen molar-refractivity contribution in [3.05, 3.63) is 36.4 Å². The zero-order chi connectivity index (χ0) is 21.2. The summed E-state index contributed by atoms with van der Waals surface area (Å²) in [5.41, 5.74) is 9.39. The largest absolute Gasteiger partial charge is 0.492 e. The van der Waals surface area contributed by atoms with E-state index in [9.17, 15) is 5.26 Å². The van der Waals surface area contributed by atoms with Crippen molar-refractivity contribution in [2.45, 2.75) is 56.7 Å². The van der Waals surface area contributed by atoms with E-state index in [1.54, 1.807) is 23.1 Å². The third kappa shape index (κ3) is 2.87. The molecule has 4 atom stereocenters. The molecule has 7 rings (SSSR count). The summed E-state index contributed by atoms with van der Waals surface area (Å²) in [7, 11) is 0. The molecule has 2 unspecified atom stereocenters. The van der Waals surface area contributed by atoms with E-state index < -0.39 is 0 Å². The lowest BCUT2D eigenvalue weighted by molar-refractivity contribution is 0.0647. The third-order valence-corrected chi connectivity index (χ3v) is 7.17. The monoisotopic (exact) mass is 415 g/mol. The van der Waals surface area contributed by atoms with Crippen molar-refractivity contribution in [1.29, 1.82) is 5.26 Å². The molecule has 0 amide bonds. The first kappa shape index (κ1) is 18.6. The van der Waals surface area contributed by atoms with Crippen LogP contribution in [-0.2, 0) is 0 Å². The van der Waals surface area contributed by atoms with E-state index in [1.165, 1.54) is 19.3 Å². The maximum absolute atomic E-state index is 9.53. The average molecular weight is 416 g/mol. The van der Waals surface area contributed by atoms with E-state index in [1.807, 2.05) is 19.2 Å². The molecule has 4 aliphatic rings. The molecule has 31 heavy (non-hydrogen) atoms. The van der Waals surface area contributed by atoms with Crippen LogP contribution in [0.2, 0.25) is 0 Å². The Bertz CT molecular complexity index is 1180. The summed E-state index contributed by atoms with van der Waals surface area (Å²) in [5, 5.41) is 13.8. The lowest BCUT2D eigenvalue weighted by Gasteiger charge is -2.60. The molecule has 4 fully saturated rings. The van der Waals surface area contributed by atoms with Crippen LogP contribution in [0.5, 0.6) is 5.75 Å². The summed E-state index contributed by atoms with van der Waals surface area (Å²) in [5.74, 6) is 2.36. The van der Waals surface area contributed by atoms with Crippen molar-refractivity contribution in [2.24, 2.45) is 11.7 Å². The summed E-state index contributed by atoms with van der Waals surface area (Å²) < 4.78 is 7.38. The minimum absolute atomic E-state index is 0.0153. The molecule has 4 bridgehead atoms. The minimum Gasteiger partial charge on any atom is -0.492 e. The Morgan fingerprint density at radius 3 is 2.65 bits per heavy atom. The van der Waals surface area contributed by atoms with Gasteiger partial charge in [-0.05, 0) is 51.0 Å². The average Bonchev–Trinajstić information content (AvgIpc) is 3.15. The van der Waals surface area contributed by atoms with Gasteiger partial charge >= 0.3 is 0 Å². The Morgan fingerprint density at radius 2 is 2.00 bits per heavy atom. The van der Waals surface area contributed by atoms with Gasteiger partial charge in [0.05, 0.1) is 48.2 Å². The number of nitrogens with zero attached hydrogens (tertiary/aromatic N) is 6. The number of pyridine rings is 1. The fourth-order valence-corrected chi connectivity index (χ4v) is 6.27. The number of rotatable bonds is 4. The van der Waals surface area contributed by atoms with Crippen LogP contribution in [0.15, 0.2) is 30.9 Å². The van der Waals surface area contributed by atoms with Crippen molar-refractivity contribution in [2.75, 3.05) is 11.5 Å². The van der Waals surface area contributed by atoms with E-state index in [0.29, 0.717) is 41.2 Å². The Balaban J connectivity index is 1.38. The molecule has 0 spiro atoms. The minimum atomic E-state index is 0.0153. The smallest absolute Gasteiger partial charge is 0.147 e. The Hall–Kier alpha value is -3.18. The molecule has 8 nitrogen and oxygen atoms in total. The molecule has 2 aliphatic heterocycles. The molecule has 3 aromatic heterocycles. The van der Waals surface area contributed by atoms with E-state index >= 15 is 0 Å². The van der Waals surface area contributed by atoms with Gasteiger partial charge in [0.15, 0.2) is 0 Å². The first-order valence-corrected chi connectivity index (χ1v) is 11.0. The second-order valence-corrected chi connectivity index (χ2v) is 9.27. The molecule has 2 N–H and O–H groups in total. The normalized spacial score (nSPS) is 28.8. The second-order valence-electron chi connectivity index (χ2n) is 9.27. The summed E-state index contributed by atoms with van der Waals surface area (Å²) >= 11 is 0.